The van der Waals surface area contributed by atoms with Gasteiger partial charge in [0.1, 0.15) is 5.65 Å². The van der Waals surface area contributed by atoms with Crippen molar-refractivity contribution in [3.05, 3.63) is 70.8 Å². The summed E-state index contributed by atoms with van der Waals surface area (Å²) in [6.07, 6.45) is 3.35. The number of benzene rings is 1. The number of pyridine rings is 1. The molecule has 0 radical (unpaired) electrons. The highest BCUT2D eigenvalue weighted by molar-refractivity contribution is 6.30. The van der Waals surface area contributed by atoms with E-state index in [1.165, 1.54) is 6.08 Å². The van der Waals surface area contributed by atoms with E-state index in [0.717, 1.165) is 29.3 Å². The van der Waals surface area contributed by atoms with Gasteiger partial charge in [0.15, 0.2) is 0 Å². The predicted molar refractivity (Wildman–Crippen MR) is 104 cm³/mol. The third-order valence-electron chi connectivity index (χ3n) is 4.39. The third kappa shape index (κ3) is 3.60. The number of fused-ring (bicyclic) bond motifs is 1. The molecule has 0 saturated heterocycles. The van der Waals surface area contributed by atoms with Crippen LogP contribution >= 0.6 is 11.6 Å². The van der Waals surface area contributed by atoms with E-state index in [-0.39, 0.29) is 16.2 Å². The Morgan fingerprint density at radius 3 is 2.66 bits per heavy atom. The highest BCUT2D eigenvalue weighted by Gasteiger charge is 2.34. The molecule has 0 spiro atoms. The Bertz CT molecular complexity index is 1260. The zero-order chi connectivity index (χ0) is 20.6. The van der Waals surface area contributed by atoms with E-state index in [9.17, 15) is 18.4 Å². The van der Waals surface area contributed by atoms with Crippen molar-refractivity contribution in [2.45, 2.75) is 6.18 Å². The third-order valence-corrected chi connectivity index (χ3v) is 4.63. The van der Waals surface area contributed by atoms with E-state index >= 15 is 0 Å². The Labute approximate surface area is 167 Å². The van der Waals surface area contributed by atoms with Gasteiger partial charge in [-0.1, -0.05) is 11.6 Å². The quantitative estimate of drug-likeness (QED) is 0.423. The average molecular weight is 414 g/mol. The molecular weight excluding hydrogens is 403 g/mol. The van der Waals surface area contributed by atoms with Crippen LogP contribution in [-0.4, -0.2) is 20.2 Å². The molecule has 0 aliphatic rings. The Balaban J connectivity index is 1.87. The highest BCUT2D eigenvalue weighted by Crippen LogP contribution is 2.37. The van der Waals surface area contributed by atoms with Crippen LogP contribution < -0.4 is 0 Å². The molecular formula is C20H11ClF3N5. The number of halogens is 4. The second-order valence-corrected chi connectivity index (χ2v) is 6.65. The van der Waals surface area contributed by atoms with Crippen LogP contribution in [0.2, 0.25) is 5.02 Å². The maximum atomic E-state index is 13.4. The van der Waals surface area contributed by atoms with Crippen LogP contribution in [0.5, 0.6) is 0 Å². The van der Waals surface area contributed by atoms with Gasteiger partial charge in [-0.25, -0.2) is 4.98 Å². The van der Waals surface area contributed by atoms with Gasteiger partial charge in [0, 0.05) is 51.3 Å². The number of hydrogen-bond donors (Lipinski definition) is 2. The summed E-state index contributed by atoms with van der Waals surface area (Å²) in [5, 5.41) is 16.9. The summed E-state index contributed by atoms with van der Waals surface area (Å²) in [6.45, 7) is 0. The number of rotatable bonds is 3. The van der Waals surface area contributed by atoms with Gasteiger partial charge in [0.2, 0.25) is 0 Å². The van der Waals surface area contributed by atoms with E-state index in [2.05, 4.69) is 20.2 Å². The van der Waals surface area contributed by atoms with E-state index in [1.54, 1.807) is 24.8 Å². The summed E-state index contributed by atoms with van der Waals surface area (Å²) in [5.41, 5.74) is 1.30. The molecule has 0 bridgehead atoms. The maximum Gasteiger partial charge on any atom is 0.417 e. The lowest BCUT2D eigenvalue weighted by atomic mass is 9.98. The van der Waals surface area contributed by atoms with Crippen LogP contribution in [0.4, 0.5) is 13.2 Å². The second kappa shape index (κ2) is 7.11. The van der Waals surface area contributed by atoms with Gasteiger partial charge in [0.25, 0.3) is 0 Å². The number of nitrogens with zero attached hydrogens (tertiary/aromatic N) is 3. The standard InChI is InChI=1S/C20H11ClF3N5/c21-15-1-2-18(20(22,23)24)16(5-15)11(6-25)3-13-8-27-19-17(13)4-12(7-26-19)14-9-28-29-10-14/h1-5,7-10H,(H,26,27)(H,28,29)/b11-3-. The summed E-state index contributed by atoms with van der Waals surface area (Å²) >= 11 is 5.89. The summed E-state index contributed by atoms with van der Waals surface area (Å²) in [5.74, 6) is 0. The fourth-order valence-electron chi connectivity index (χ4n) is 3.02. The van der Waals surface area contributed by atoms with Crippen molar-refractivity contribution in [2.24, 2.45) is 0 Å². The molecule has 1 aromatic carbocycles. The number of aromatic amines is 2. The topological polar surface area (TPSA) is 81.2 Å². The van der Waals surface area contributed by atoms with Crippen molar-refractivity contribution < 1.29 is 13.2 Å². The van der Waals surface area contributed by atoms with Crippen LogP contribution in [0.15, 0.2) is 49.1 Å². The molecule has 3 aromatic heterocycles. The molecule has 0 aliphatic carbocycles. The van der Waals surface area contributed by atoms with Gasteiger partial charge < -0.3 is 4.98 Å². The minimum Gasteiger partial charge on any atom is -0.346 e. The first kappa shape index (κ1) is 18.8. The number of hydrogen-bond acceptors (Lipinski definition) is 3. The maximum absolute atomic E-state index is 13.4. The van der Waals surface area contributed by atoms with Crippen LogP contribution in [0.3, 0.4) is 0 Å². The fraction of sp³-hybridized carbons (Fsp3) is 0.0500. The molecule has 0 unspecified atom stereocenters. The summed E-state index contributed by atoms with van der Waals surface area (Å²) in [7, 11) is 0. The van der Waals surface area contributed by atoms with Crippen LogP contribution in [0.25, 0.3) is 33.8 Å². The predicted octanol–water partition coefficient (Wildman–Crippen LogP) is 5.69. The van der Waals surface area contributed by atoms with Gasteiger partial charge in [-0.15, -0.1) is 0 Å². The average Bonchev–Trinajstić information content (AvgIpc) is 3.35. The van der Waals surface area contributed by atoms with Gasteiger partial charge in [-0.2, -0.15) is 23.5 Å². The molecule has 144 valence electrons. The highest BCUT2D eigenvalue weighted by atomic mass is 35.5. The van der Waals surface area contributed by atoms with E-state index in [4.69, 9.17) is 11.6 Å². The zero-order valence-electron chi connectivity index (χ0n) is 14.5. The molecule has 5 nitrogen and oxygen atoms in total. The second-order valence-electron chi connectivity index (χ2n) is 6.21. The van der Waals surface area contributed by atoms with Crippen molar-refractivity contribution in [1.82, 2.24) is 20.2 Å². The molecule has 4 rings (SSSR count). The number of nitriles is 1. The molecule has 9 heteroatoms. The normalized spacial score (nSPS) is 12.3. The van der Waals surface area contributed by atoms with Gasteiger partial charge in [-0.3, -0.25) is 5.10 Å². The first-order valence-corrected chi connectivity index (χ1v) is 8.70. The Hall–Kier alpha value is -3.57. The molecule has 0 aliphatic heterocycles. The van der Waals surface area contributed by atoms with Crippen molar-refractivity contribution in [2.75, 3.05) is 0 Å². The lowest BCUT2D eigenvalue weighted by molar-refractivity contribution is -0.137. The molecule has 0 amide bonds. The Kier molecular flexibility index (Phi) is 4.60. The van der Waals surface area contributed by atoms with Crippen LogP contribution in [-0.2, 0) is 6.18 Å². The lowest BCUT2D eigenvalue weighted by Crippen LogP contribution is -2.08. The smallest absolute Gasteiger partial charge is 0.346 e. The van der Waals surface area contributed by atoms with E-state index in [0.29, 0.717) is 16.6 Å². The number of nitrogens with one attached hydrogen (secondary N) is 2. The fourth-order valence-corrected chi connectivity index (χ4v) is 3.19. The number of aromatic nitrogens is 4. The minimum absolute atomic E-state index is 0.108. The number of H-pyrrole nitrogens is 2. The van der Waals surface area contributed by atoms with Crippen molar-refractivity contribution in [3.8, 4) is 17.2 Å². The van der Waals surface area contributed by atoms with Gasteiger partial charge in [0.05, 0.1) is 23.4 Å². The summed E-state index contributed by atoms with van der Waals surface area (Å²) in [4.78, 5) is 7.29. The number of allylic oxidation sites excluding steroid dienone is 1. The van der Waals surface area contributed by atoms with Crippen LogP contribution in [0.1, 0.15) is 16.7 Å². The molecule has 0 fully saturated rings. The molecule has 29 heavy (non-hydrogen) atoms. The molecule has 2 N–H and O–H groups in total. The van der Waals surface area contributed by atoms with Crippen LogP contribution in [0, 0.1) is 11.3 Å². The van der Waals surface area contributed by atoms with Crippen molar-refractivity contribution in [1.29, 1.82) is 5.26 Å². The first-order chi connectivity index (χ1) is 13.9. The molecule has 0 saturated carbocycles. The molecule has 3 heterocycles. The van der Waals surface area contributed by atoms with E-state index in [1.807, 2.05) is 12.1 Å². The lowest BCUT2D eigenvalue weighted by Gasteiger charge is -2.12. The SMILES string of the molecule is N#C/C(=C/c1c[nH]c2ncc(-c3cn[nH]c3)cc12)c1cc(Cl)ccc1C(F)(F)F. The largest absolute Gasteiger partial charge is 0.417 e. The van der Waals surface area contributed by atoms with Gasteiger partial charge >= 0.3 is 6.18 Å². The summed E-state index contributed by atoms with van der Waals surface area (Å²) < 4.78 is 40.2. The Morgan fingerprint density at radius 2 is 1.97 bits per heavy atom. The van der Waals surface area contributed by atoms with E-state index < -0.39 is 11.7 Å². The van der Waals surface area contributed by atoms with Gasteiger partial charge in [-0.05, 0) is 30.3 Å². The Morgan fingerprint density at radius 1 is 1.14 bits per heavy atom. The summed E-state index contributed by atoms with van der Waals surface area (Å²) in [6, 6.07) is 6.85. The minimum atomic E-state index is -4.62. The molecule has 0 atom stereocenters. The van der Waals surface area contributed by atoms with Crippen molar-refractivity contribution >= 4 is 34.3 Å². The zero-order valence-corrected chi connectivity index (χ0v) is 15.3. The first-order valence-electron chi connectivity index (χ1n) is 8.32. The van der Waals surface area contributed by atoms with Crippen molar-refractivity contribution in [3.63, 3.8) is 0 Å². The monoisotopic (exact) mass is 413 g/mol. The molecule has 4 aromatic rings. The number of alkyl halides is 3.